The predicted octanol–water partition coefficient (Wildman–Crippen LogP) is 4.91. The zero-order valence-electron chi connectivity index (χ0n) is 19.4. The van der Waals surface area contributed by atoms with Crippen molar-refractivity contribution in [2.75, 3.05) is 32.8 Å². The Hall–Kier alpha value is -1.30. The lowest BCUT2D eigenvalue weighted by Crippen LogP contribution is -2.54. The fourth-order valence-corrected chi connectivity index (χ4v) is 6.42. The van der Waals surface area contributed by atoms with Crippen LogP contribution in [-0.2, 0) is 9.53 Å². The quantitative estimate of drug-likeness (QED) is 0.640. The molecule has 0 aromatic heterocycles. The molecule has 1 spiro atoms. The second-order valence-corrected chi connectivity index (χ2v) is 11.2. The molecule has 1 unspecified atom stereocenters. The van der Waals surface area contributed by atoms with Gasteiger partial charge in [0, 0.05) is 36.0 Å². The second kappa shape index (κ2) is 9.15. The van der Waals surface area contributed by atoms with Gasteiger partial charge in [-0.25, -0.2) is 0 Å². The van der Waals surface area contributed by atoms with Gasteiger partial charge in [-0.05, 0) is 75.9 Å². The van der Waals surface area contributed by atoms with Crippen molar-refractivity contribution in [2.45, 2.75) is 82.5 Å². The highest BCUT2D eigenvalue weighted by Crippen LogP contribution is 2.41. The maximum Gasteiger partial charge on any atom is 0.228 e. The Morgan fingerprint density at radius 2 is 1.69 bits per heavy atom. The van der Waals surface area contributed by atoms with Crippen LogP contribution in [0.2, 0.25) is 5.02 Å². The average Bonchev–Trinajstić information content (AvgIpc) is 3.47. The first-order valence-electron chi connectivity index (χ1n) is 12.5. The SMILES string of the molecule is CC1(C(=O)N2CCC3(CC2)CC(Oc2ccc(Cl)cc2)CO3)CCN(C2CCCC2)CC1. The minimum Gasteiger partial charge on any atom is -0.488 e. The summed E-state index contributed by atoms with van der Waals surface area (Å²) in [6, 6.07) is 8.30. The number of likely N-dealkylation sites (tertiary alicyclic amines) is 2. The number of benzene rings is 1. The number of halogens is 1. The Kier molecular flexibility index (Phi) is 6.43. The molecule has 3 heterocycles. The smallest absolute Gasteiger partial charge is 0.228 e. The summed E-state index contributed by atoms with van der Waals surface area (Å²) in [5.74, 6) is 1.20. The predicted molar refractivity (Wildman–Crippen MR) is 126 cm³/mol. The number of piperidine rings is 2. The molecule has 1 saturated carbocycles. The zero-order chi connectivity index (χ0) is 22.2. The van der Waals surface area contributed by atoms with E-state index in [0.29, 0.717) is 17.5 Å². The van der Waals surface area contributed by atoms with E-state index in [1.165, 1.54) is 25.7 Å². The van der Waals surface area contributed by atoms with Gasteiger partial charge in [0.25, 0.3) is 0 Å². The summed E-state index contributed by atoms with van der Waals surface area (Å²) in [5.41, 5.74) is -0.336. The number of hydrogen-bond acceptors (Lipinski definition) is 4. The van der Waals surface area contributed by atoms with Gasteiger partial charge in [-0.1, -0.05) is 31.4 Å². The monoisotopic (exact) mass is 460 g/mol. The summed E-state index contributed by atoms with van der Waals surface area (Å²) in [7, 11) is 0. The van der Waals surface area contributed by atoms with Crippen molar-refractivity contribution in [3.8, 4) is 5.75 Å². The van der Waals surface area contributed by atoms with Crippen molar-refractivity contribution in [1.29, 1.82) is 0 Å². The van der Waals surface area contributed by atoms with Gasteiger partial charge in [0.2, 0.25) is 5.91 Å². The topological polar surface area (TPSA) is 42.0 Å². The molecule has 5 nitrogen and oxygen atoms in total. The molecule has 3 saturated heterocycles. The molecule has 5 rings (SSSR count). The van der Waals surface area contributed by atoms with Crippen molar-refractivity contribution in [3.63, 3.8) is 0 Å². The number of rotatable bonds is 4. The third-order valence-corrected chi connectivity index (χ3v) is 8.76. The first-order chi connectivity index (χ1) is 15.4. The minimum absolute atomic E-state index is 0.0656. The molecular formula is C26H37ClN2O3. The number of amides is 1. The summed E-state index contributed by atoms with van der Waals surface area (Å²) in [6.07, 6.45) is 10.2. The van der Waals surface area contributed by atoms with Crippen LogP contribution >= 0.6 is 11.6 Å². The third kappa shape index (κ3) is 4.67. The molecule has 32 heavy (non-hydrogen) atoms. The van der Waals surface area contributed by atoms with Crippen molar-refractivity contribution in [2.24, 2.45) is 5.41 Å². The van der Waals surface area contributed by atoms with Crippen LogP contribution in [0, 0.1) is 5.41 Å². The number of hydrogen-bond donors (Lipinski definition) is 0. The lowest BCUT2D eigenvalue weighted by molar-refractivity contribution is -0.149. The van der Waals surface area contributed by atoms with Crippen molar-refractivity contribution in [1.82, 2.24) is 9.80 Å². The van der Waals surface area contributed by atoms with Crippen molar-refractivity contribution in [3.05, 3.63) is 29.3 Å². The number of carbonyl (C=O) groups is 1. The normalized spacial score (nSPS) is 28.3. The first-order valence-corrected chi connectivity index (χ1v) is 12.9. The average molecular weight is 461 g/mol. The number of carbonyl (C=O) groups excluding carboxylic acids is 1. The highest BCUT2D eigenvalue weighted by molar-refractivity contribution is 6.30. The van der Waals surface area contributed by atoms with E-state index >= 15 is 0 Å². The molecule has 4 aliphatic rings. The molecule has 6 heteroatoms. The molecule has 0 bridgehead atoms. The van der Waals surface area contributed by atoms with Crippen LogP contribution in [0.15, 0.2) is 24.3 Å². The molecule has 1 aromatic rings. The Morgan fingerprint density at radius 3 is 2.34 bits per heavy atom. The van der Waals surface area contributed by atoms with E-state index in [2.05, 4.69) is 16.7 Å². The Bertz CT molecular complexity index is 792. The van der Waals surface area contributed by atoms with E-state index in [-0.39, 0.29) is 17.1 Å². The summed E-state index contributed by atoms with van der Waals surface area (Å²) in [5, 5.41) is 0.714. The molecule has 3 aliphatic heterocycles. The van der Waals surface area contributed by atoms with E-state index in [1.807, 2.05) is 24.3 Å². The summed E-state index contributed by atoms with van der Waals surface area (Å²) < 4.78 is 12.4. The van der Waals surface area contributed by atoms with Gasteiger partial charge in [-0.15, -0.1) is 0 Å². The molecule has 1 aromatic carbocycles. The van der Waals surface area contributed by atoms with E-state index < -0.39 is 0 Å². The molecule has 1 amide bonds. The second-order valence-electron chi connectivity index (χ2n) is 10.7. The van der Waals surface area contributed by atoms with Crippen LogP contribution < -0.4 is 4.74 Å². The summed E-state index contributed by atoms with van der Waals surface area (Å²) >= 11 is 5.97. The molecule has 1 aliphatic carbocycles. The first kappa shape index (κ1) is 22.5. The maximum absolute atomic E-state index is 13.5. The molecular weight excluding hydrogens is 424 g/mol. The van der Waals surface area contributed by atoms with Crippen molar-refractivity contribution < 1.29 is 14.3 Å². The van der Waals surface area contributed by atoms with E-state index in [0.717, 1.165) is 70.1 Å². The Morgan fingerprint density at radius 1 is 1.03 bits per heavy atom. The molecule has 1 atom stereocenters. The highest BCUT2D eigenvalue weighted by atomic mass is 35.5. The van der Waals surface area contributed by atoms with Crippen LogP contribution in [0.25, 0.3) is 0 Å². The lowest BCUT2D eigenvalue weighted by atomic mass is 9.77. The number of nitrogens with zero attached hydrogens (tertiary/aromatic N) is 2. The van der Waals surface area contributed by atoms with E-state index in [9.17, 15) is 4.79 Å². The largest absolute Gasteiger partial charge is 0.488 e. The molecule has 176 valence electrons. The van der Waals surface area contributed by atoms with Gasteiger partial charge in [-0.2, -0.15) is 0 Å². The zero-order valence-corrected chi connectivity index (χ0v) is 20.1. The van der Waals surface area contributed by atoms with Crippen LogP contribution in [0.1, 0.15) is 64.7 Å². The fourth-order valence-electron chi connectivity index (χ4n) is 6.30. The van der Waals surface area contributed by atoms with Gasteiger partial charge in [0.15, 0.2) is 0 Å². The van der Waals surface area contributed by atoms with Gasteiger partial charge in [0.05, 0.1) is 12.2 Å². The minimum atomic E-state index is -0.198. The Balaban J connectivity index is 1.11. The van der Waals surface area contributed by atoms with Crippen LogP contribution in [0.3, 0.4) is 0 Å². The lowest BCUT2D eigenvalue weighted by Gasteiger charge is -2.45. The Labute approximate surface area is 197 Å². The molecule has 4 fully saturated rings. The van der Waals surface area contributed by atoms with Gasteiger partial charge >= 0.3 is 0 Å². The highest BCUT2D eigenvalue weighted by Gasteiger charge is 2.47. The third-order valence-electron chi connectivity index (χ3n) is 8.51. The fraction of sp³-hybridized carbons (Fsp3) is 0.731. The summed E-state index contributed by atoms with van der Waals surface area (Å²) in [6.45, 7) is 6.58. The van der Waals surface area contributed by atoms with E-state index in [4.69, 9.17) is 21.1 Å². The van der Waals surface area contributed by atoms with Crippen molar-refractivity contribution >= 4 is 17.5 Å². The maximum atomic E-state index is 13.5. The van der Waals surface area contributed by atoms with Crippen LogP contribution in [-0.4, -0.2) is 66.2 Å². The number of ether oxygens (including phenoxy) is 2. The standard InChI is InChI=1S/C26H37ClN2O3/c1-25(10-14-28(15-11-25)21-4-2-3-5-21)24(30)29-16-12-26(13-17-29)18-23(19-31-26)32-22-8-6-20(27)7-9-22/h6-9,21,23H,2-5,10-19H2,1H3. The van der Waals surface area contributed by atoms with Gasteiger partial charge in [0.1, 0.15) is 11.9 Å². The molecule has 0 radical (unpaired) electrons. The van der Waals surface area contributed by atoms with Crippen LogP contribution in [0.5, 0.6) is 5.75 Å². The van der Waals surface area contributed by atoms with E-state index in [1.54, 1.807) is 0 Å². The van der Waals surface area contributed by atoms with Gasteiger partial charge < -0.3 is 19.3 Å². The van der Waals surface area contributed by atoms with Gasteiger partial charge in [-0.3, -0.25) is 4.79 Å². The van der Waals surface area contributed by atoms with Crippen LogP contribution in [0.4, 0.5) is 0 Å². The molecule has 0 N–H and O–H groups in total. The summed E-state index contributed by atoms with van der Waals surface area (Å²) in [4.78, 5) is 18.2.